The maximum atomic E-state index is 6.17. The van der Waals surface area contributed by atoms with Gasteiger partial charge in [-0.2, -0.15) is 0 Å². The van der Waals surface area contributed by atoms with Crippen LogP contribution in [0.5, 0.6) is 0 Å². The summed E-state index contributed by atoms with van der Waals surface area (Å²) in [5, 5.41) is 1.12. The van der Waals surface area contributed by atoms with Crippen LogP contribution < -0.4 is 5.73 Å². The van der Waals surface area contributed by atoms with Crippen molar-refractivity contribution < 1.29 is 0 Å². The van der Waals surface area contributed by atoms with Crippen LogP contribution in [0.15, 0.2) is 53.0 Å². The van der Waals surface area contributed by atoms with Gasteiger partial charge in [-0.1, -0.05) is 57.9 Å². The first kappa shape index (κ1) is 14.9. The highest BCUT2D eigenvalue weighted by Crippen LogP contribution is 2.32. The number of rotatable bonds is 5. The van der Waals surface area contributed by atoms with Crippen LogP contribution in [-0.2, 0) is 5.75 Å². The summed E-state index contributed by atoms with van der Waals surface area (Å²) in [6, 6.07) is 16.3. The average Bonchev–Trinajstić information content (AvgIpc) is 2.43. The fourth-order valence-corrected chi connectivity index (χ4v) is 3.45. The molecule has 0 saturated carbocycles. The predicted octanol–water partition coefficient (Wildman–Crippen LogP) is 5.04. The molecule has 0 bridgehead atoms. The van der Waals surface area contributed by atoms with Crippen molar-refractivity contribution in [1.82, 2.24) is 0 Å². The first-order valence-electron chi connectivity index (χ1n) is 6.01. The van der Waals surface area contributed by atoms with Crippen molar-refractivity contribution >= 4 is 39.3 Å². The first-order valence-corrected chi connectivity index (χ1v) is 8.23. The van der Waals surface area contributed by atoms with Crippen molar-refractivity contribution in [2.45, 2.75) is 11.0 Å². The van der Waals surface area contributed by atoms with Gasteiger partial charge in [-0.25, -0.2) is 0 Å². The summed E-state index contributed by atoms with van der Waals surface area (Å²) in [5.41, 5.74) is 8.29. The molecule has 2 N–H and O–H groups in total. The summed E-state index contributed by atoms with van der Waals surface area (Å²) in [5.74, 6) is 0.873. The summed E-state index contributed by atoms with van der Waals surface area (Å²) >= 11 is 11.4. The molecule has 0 aromatic heterocycles. The molecule has 100 valence electrons. The van der Waals surface area contributed by atoms with Gasteiger partial charge in [0.05, 0.1) is 0 Å². The maximum Gasteiger partial charge on any atom is 0.0446 e. The van der Waals surface area contributed by atoms with Crippen LogP contribution in [0.1, 0.15) is 16.4 Å². The molecule has 2 aromatic carbocycles. The van der Waals surface area contributed by atoms with Gasteiger partial charge in [0.2, 0.25) is 0 Å². The number of nitrogens with two attached hydrogens (primary N) is 1. The van der Waals surface area contributed by atoms with Gasteiger partial charge in [0.15, 0.2) is 0 Å². The largest absolute Gasteiger partial charge is 0.329 e. The molecule has 0 aliphatic heterocycles. The van der Waals surface area contributed by atoms with Crippen LogP contribution in [0.25, 0.3) is 0 Å². The van der Waals surface area contributed by atoms with E-state index >= 15 is 0 Å². The van der Waals surface area contributed by atoms with Gasteiger partial charge in [0.1, 0.15) is 0 Å². The molecule has 0 heterocycles. The summed E-state index contributed by atoms with van der Waals surface area (Å²) in [6.45, 7) is 0.622. The molecule has 1 nitrogen and oxygen atoms in total. The zero-order valence-electron chi connectivity index (χ0n) is 10.4. The van der Waals surface area contributed by atoms with E-state index in [4.69, 9.17) is 17.3 Å². The summed E-state index contributed by atoms with van der Waals surface area (Å²) in [4.78, 5) is 0. The minimum Gasteiger partial charge on any atom is -0.329 e. The molecule has 0 fully saturated rings. The van der Waals surface area contributed by atoms with Crippen LogP contribution >= 0.6 is 39.3 Å². The van der Waals surface area contributed by atoms with Crippen molar-refractivity contribution in [2.24, 2.45) is 5.73 Å². The zero-order valence-corrected chi connectivity index (χ0v) is 13.5. The van der Waals surface area contributed by atoms with E-state index in [1.807, 2.05) is 42.1 Å². The van der Waals surface area contributed by atoms with Gasteiger partial charge < -0.3 is 5.73 Å². The minimum atomic E-state index is 0.296. The summed E-state index contributed by atoms with van der Waals surface area (Å²) in [6.07, 6.45) is 0. The Bertz CT molecular complexity index is 530. The average molecular weight is 357 g/mol. The molecule has 19 heavy (non-hydrogen) atoms. The smallest absolute Gasteiger partial charge is 0.0446 e. The van der Waals surface area contributed by atoms with Crippen molar-refractivity contribution in [3.63, 3.8) is 0 Å². The van der Waals surface area contributed by atoms with Gasteiger partial charge in [-0.15, -0.1) is 11.8 Å². The summed E-state index contributed by atoms with van der Waals surface area (Å²) in [7, 11) is 0. The molecule has 0 aliphatic rings. The van der Waals surface area contributed by atoms with Crippen LogP contribution in [0.4, 0.5) is 0 Å². The maximum absolute atomic E-state index is 6.17. The lowest BCUT2D eigenvalue weighted by Gasteiger charge is -2.15. The monoisotopic (exact) mass is 355 g/mol. The van der Waals surface area contributed by atoms with E-state index in [2.05, 4.69) is 34.1 Å². The van der Waals surface area contributed by atoms with Crippen LogP contribution in [0, 0.1) is 0 Å². The fraction of sp³-hybridized carbons (Fsp3) is 0.200. The van der Waals surface area contributed by atoms with Gasteiger partial charge in [-0.3, -0.25) is 0 Å². The molecule has 0 aliphatic carbocycles. The molecule has 4 heteroatoms. The zero-order chi connectivity index (χ0) is 13.7. The van der Waals surface area contributed by atoms with E-state index in [0.717, 1.165) is 20.8 Å². The Labute approximate surface area is 131 Å². The van der Waals surface area contributed by atoms with Gasteiger partial charge in [-0.05, 0) is 29.3 Å². The minimum absolute atomic E-state index is 0.296. The van der Waals surface area contributed by atoms with Crippen molar-refractivity contribution in [1.29, 1.82) is 0 Å². The Morgan fingerprint density at radius 2 is 1.79 bits per heavy atom. The quantitative estimate of drug-likeness (QED) is 0.812. The number of thioether (sulfide) groups is 1. The lowest BCUT2D eigenvalue weighted by atomic mass is 10.1. The van der Waals surface area contributed by atoms with E-state index < -0.39 is 0 Å². The Balaban J connectivity index is 2.04. The van der Waals surface area contributed by atoms with E-state index in [1.54, 1.807) is 0 Å². The standard InChI is InChI=1S/C15H15BrClNS/c16-13-7-5-11(6-8-13)15(9-18)19-10-12-3-1-2-4-14(12)17/h1-8,15H,9-10,18H2. The predicted molar refractivity (Wildman–Crippen MR) is 88.7 cm³/mol. The van der Waals surface area contributed by atoms with Gasteiger partial charge >= 0.3 is 0 Å². The molecule has 0 radical (unpaired) electrons. The van der Waals surface area contributed by atoms with Gasteiger partial charge in [0.25, 0.3) is 0 Å². The van der Waals surface area contributed by atoms with E-state index in [0.29, 0.717) is 11.8 Å². The lowest BCUT2D eigenvalue weighted by Crippen LogP contribution is -2.09. The van der Waals surface area contributed by atoms with Crippen LogP contribution in [0.3, 0.4) is 0 Å². The second-order valence-electron chi connectivity index (χ2n) is 4.18. The number of hydrogen-bond donors (Lipinski definition) is 1. The third-order valence-corrected chi connectivity index (χ3v) is 5.10. The molecule has 0 spiro atoms. The first-order chi connectivity index (χ1) is 9.20. The van der Waals surface area contributed by atoms with E-state index in [1.165, 1.54) is 5.56 Å². The highest BCUT2D eigenvalue weighted by atomic mass is 79.9. The van der Waals surface area contributed by atoms with Crippen LogP contribution in [-0.4, -0.2) is 6.54 Å². The number of hydrogen-bond acceptors (Lipinski definition) is 2. The molecule has 2 aromatic rings. The van der Waals surface area contributed by atoms with Gasteiger partial charge in [0, 0.05) is 27.0 Å². The highest BCUT2D eigenvalue weighted by Gasteiger charge is 2.11. The van der Waals surface area contributed by atoms with Crippen LogP contribution in [0.2, 0.25) is 5.02 Å². The lowest BCUT2D eigenvalue weighted by molar-refractivity contribution is 0.940. The molecular formula is C15H15BrClNS. The molecule has 1 unspecified atom stereocenters. The topological polar surface area (TPSA) is 26.0 Å². The molecular weight excluding hydrogens is 342 g/mol. The van der Waals surface area contributed by atoms with E-state index in [9.17, 15) is 0 Å². The molecule has 2 rings (SSSR count). The Kier molecular flexibility index (Phi) is 5.76. The molecule has 0 saturated heterocycles. The third kappa shape index (κ3) is 4.25. The number of halogens is 2. The van der Waals surface area contributed by atoms with Crippen molar-refractivity contribution in [3.8, 4) is 0 Å². The molecule has 0 amide bonds. The van der Waals surface area contributed by atoms with Crippen molar-refractivity contribution in [2.75, 3.05) is 6.54 Å². The van der Waals surface area contributed by atoms with Crippen molar-refractivity contribution in [3.05, 3.63) is 69.2 Å². The number of benzene rings is 2. The Morgan fingerprint density at radius 3 is 2.42 bits per heavy atom. The summed E-state index contributed by atoms with van der Waals surface area (Å²) < 4.78 is 1.09. The van der Waals surface area contributed by atoms with E-state index in [-0.39, 0.29) is 0 Å². The second-order valence-corrected chi connectivity index (χ2v) is 6.69. The molecule has 1 atom stereocenters. The normalized spacial score (nSPS) is 12.4. The Morgan fingerprint density at radius 1 is 1.11 bits per heavy atom. The second kappa shape index (κ2) is 7.34. The fourth-order valence-electron chi connectivity index (χ4n) is 1.78. The SMILES string of the molecule is NCC(SCc1ccccc1Cl)c1ccc(Br)cc1. The Hall–Kier alpha value is -0.480. The highest BCUT2D eigenvalue weighted by molar-refractivity contribution is 9.10. The third-order valence-electron chi connectivity index (χ3n) is 2.85.